The van der Waals surface area contributed by atoms with Crippen LogP contribution in [0.5, 0.6) is 0 Å². The summed E-state index contributed by atoms with van der Waals surface area (Å²) in [4.78, 5) is 42.0. The van der Waals surface area contributed by atoms with E-state index in [1.165, 1.54) is 18.2 Å². The number of carbonyl (C=O) groups excluding carboxylic acids is 3. The minimum Gasteiger partial charge on any atom is -0.323 e. The SMILES string of the molecule is O=C(ON1C(=O)c2ccccc2C1=O)c1cc(-c2ccc(Cl)c(Cl)c2)ns1. The highest BCUT2D eigenvalue weighted by atomic mass is 35.5. The third-order valence-electron chi connectivity index (χ3n) is 3.86. The van der Waals surface area contributed by atoms with Gasteiger partial charge in [-0.25, -0.2) is 4.79 Å². The van der Waals surface area contributed by atoms with Crippen LogP contribution in [0.2, 0.25) is 10.0 Å². The summed E-state index contributed by atoms with van der Waals surface area (Å²) in [5.74, 6) is -2.22. The molecule has 2 heterocycles. The molecule has 2 amide bonds. The lowest BCUT2D eigenvalue weighted by Crippen LogP contribution is -2.32. The van der Waals surface area contributed by atoms with Crippen LogP contribution in [0.3, 0.4) is 0 Å². The third kappa shape index (κ3) is 3.10. The van der Waals surface area contributed by atoms with Crippen LogP contribution in [0.25, 0.3) is 11.3 Å². The highest BCUT2D eigenvalue weighted by Gasteiger charge is 2.39. The van der Waals surface area contributed by atoms with Crippen LogP contribution in [0, 0.1) is 0 Å². The molecule has 0 bridgehead atoms. The molecule has 0 spiro atoms. The van der Waals surface area contributed by atoms with Crippen molar-refractivity contribution < 1.29 is 19.2 Å². The summed E-state index contributed by atoms with van der Waals surface area (Å²) in [7, 11) is 0. The Morgan fingerprint density at radius 2 is 1.63 bits per heavy atom. The first-order chi connectivity index (χ1) is 13.0. The van der Waals surface area contributed by atoms with E-state index in [-0.39, 0.29) is 16.0 Å². The molecule has 1 aliphatic heterocycles. The van der Waals surface area contributed by atoms with Crippen molar-refractivity contribution in [3.8, 4) is 11.3 Å². The Morgan fingerprint density at radius 1 is 0.963 bits per heavy atom. The fraction of sp³-hybridized carbons (Fsp3) is 0. The first kappa shape index (κ1) is 17.7. The number of hydrogen-bond donors (Lipinski definition) is 0. The van der Waals surface area contributed by atoms with Gasteiger partial charge >= 0.3 is 5.97 Å². The van der Waals surface area contributed by atoms with E-state index in [9.17, 15) is 14.4 Å². The number of benzene rings is 2. The van der Waals surface area contributed by atoms with Gasteiger partial charge in [-0.2, -0.15) is 4.37 Å². The van der Waals surface area contributed by atoms with E-state index in [1.807, 2.05) is 0 Å². The van der Waals surface area contributed by atoms with E-state index >= 15 is 0 Å². The summed E-state index contributed by atoms with van der Waals surface area (Å²) in [6, 6.07) is 12.7. The largest absolute Gasteiger partial charge is 0.375 e. The minimum absolute atomic E-state index is 0.132. The lowest BCUT2D eigenvalue weighted by Gasteiger charge is -2.11. The van der Waals surface area contributed by atoms with Crippen LogP contribution in [0.15, 0.2) is 48.5 Å². The number of amides is 2. The first-order valence-electron chi connectivity index (χ1n) is 7.58. The van der Waals surface area contributed by atoms with Crippen molar-refractivity contribution in [1.29, 1.82) is 0 Å². The van der Waals surface area contributed by atoms with Crippen molar-refractivity contribution in [3.63, 3.8) is 0 Å². The Labute approximate surface area is 167 Å². The number of hydroxylamine groups is 2. The lowest BCUT2D eigenvalue weighted by atomic mass is 10.1. The van der Waals surface area contributed by atoms with Crippen LogP contribution >= 0.6 is 34.7 Å². The minimum atomic E-state index is -0.853. The molecule has 134 valence electrons. The van der Waals surface area contributed by atoms with E-state index < -0.39 is 17.8 Å². The molecule has 1 aromatic heterocycles. The highest BCUT2D eigenvalue weighted by Crippen LogP contribution is 2.30. The molecular formula is C18H8Cl2N2O4S. The lowest BCUT2D eigenvalue weighted by molar-refractivity contribution is -0.0581. The average molecular weight is 419 g/mol. The van der Waals surface area contributed by atoms with Crippen LogP contribution in [0.1, 0.15) is 30.4 Å². The van der Waals surface area contributed by atoms with Gasteiger partial charge in [-0.05, 0) is 41.9 Å². The fourth-order valence-corrected chi connectivity index (χ4v) is 3.47. The maximum atomic E-state index is 12.4. The maximum absolute atomic E-state index is 12.4. The zero-order valence-corrected chi connectivity index (χ0v) is 15.6. The van der Waals surface area contributed by atoms with Gasteiger partial charge in [-0.3, -0.25) is 9.59 Å². The van der Waals surface area contributed by atoms with Crippen molar-refractivity contribution in [1.82, 2.24) is 9.44 Å². The third-order valence-corrected chi connectivity index (χ3v) is 5.37. The van der Waals surface area contributed by atoms with E-state index in [2.05, 4.69) is 4.37 Å². The van der Waals surface area contributed by atoms with E-state index in [1.54, 1.807) is 30.3 Å². The topological polar surface area (TPSA) is 76.6 Å². The molecule has 6 nitrogen and oxygen atoms in total. The number of rotatable bonds is 3. The van der Waals surface area contributed by atoms with Crippen LogP contribution < -0.4 is 0 Å². The second kappa shape index (κ2) is 6.77. The number of carbonyl (C=O) groups is 3. The molecular weight excluding hydrogens is 411 g/mol. The molecule has 0 aliphatic carbocycles. The van der Waals surface area contributed by atoms with Crippen LogP contribution in [0.4, 0.5) is 0 Å². The summed E-state index contributed by atoms with van der Waals surface area (Å²) in [6.07, 6.45) is 0. The summed E-state index contributed by atoms with van der Waals surface area (Å²) in [5, 5.41) is 1.23. The van der Waals surface area contributed by atoms with Crippen molar-refractivity contribution >= 4 is 52.5 Å². The van der Waals surface area contributed by atoms with E-state index in [0.717, 1.165) is 11.5 Å². The Balaban J connectivity index is 1.55. The molecule has 0 N–H and O–H groups in total. The maximum Gasteiger partial charge on any atom is 0.375 e. The smallest absolute Gasteiger partial charge is 0.323 e. The zero-order chi connectivity index (χ0) is 19.1. The molecule has 2 aromatic carbocycles. The standard InChI is InChI=1S/C18H8Cl2N2O4S/c19-12-6-5-9(7-13(12)20)14-8-15(27-21-14)18(25)26-22-16(23)10-3-1-2-4-11(10)17(22)24/h1-8H. The fourth-order valence-electron chi connectivity index (χ4n) is 2.54. The van der Waals surface area contributed by atoms with Crippen LogP contribution in [-0.2, 0) is 4.84 Å². The molecule has 0 fully saturated rings. The Kier molecular flexibility index (Phi) is 4.43. The summed E-state index contributed by atoms with van der Waals surface area (Å²) in [5.41, 5.74) is 1.54. The average Bonchev–Trinajstić information content (AvgIpc) is 3.25. The molecule has 9 heteroatoms. The summed E-state index contributed by atoms with van der Waals surface area (Å²) < 4.78 is 4.18. The quantitative estimate of drug-likeness (QED) is 0.585. The van der Waals surface area contributed by atoms with Crippen molar-refractivity contribution in [2.45, 2.75) is 0 Å². The Morgan fingerprint density at radius 3 is 2.26 bits per heavy atom. The normalized spacial score (nSPS) is 13.0. The summed E-state index contributed by atoms with van der Waals surface area (Å²) in [6.45, 7) is 0. The van der Waals surface area contributed by atoms with Crippen molar-refractivity contribution in [3.05, 3.63) is 74.6 Å². The van der Waals surface area contributed by atoms with Crippen LogP contribution in [-0.4, -0.2) is 27.2 Å². The molecule has 27 heavy (non-hydrogen) atoms. The Hall–Kier alpha value is -2.74. The number of fused-ring (bicyclic) bond motifs is 1. The second-order valence-corrected chi connectivity index (χ2v) is 7.15. The van der Waals surface area contributed by atoms with Gasteiger partial charge in [0.25, 0.3) is 11.8 Å². The van der Waals surface area contributed by atoms with Gasteiger partial charge < -0.3 is 4.84 Å². The van der Waals surface area contributed by atoms with Gasteiger partial charge in [0.05, 0.1) is 26.9 Å². The van der Waals surface area contributed by atoms with E-state index in [4.69, 9.17) is 28.0 Å². The molecule has 0 saturated carbocycles. The molecule has 0 saturated heterocycles. The number of imide groups is 1. The predicted molar refractivity (Wildman–Crippen MR) is 99.9 cm³/mol. The monoisotopic (exact) mass is 418 g/mol. The highest BCUT2D eigenvalue weighted by molar-refractivity contribution is 7.08. The molecule has 0 atom stereocenters. The predicted octanol–water partition coefficient (Wildman–Crippen LogP) is 4.48. The van der Waals surface area contributed by atoms with Gasteiger partial charge in [0.15, 0.2) is 0 Å². The number of aromatic nitrogens is 1. The van der Waals surface area contributed by atoms with Crippen molar-refractivity contribution in [2.75, 3.05) is 0 Å². The van der Waals surface area contributed by atoms with Crippen molar-refractivity contribution in [2.24, 2.45) is 0 Å². The molecule has 3 aromatic rings. The zero-order valence-electron chi connectivity index (χ0n) is 13.3. The number of hydrogen-bond acceptors (Lipinski definition) is 6. The van der Waals surface area contributed by atoms with Gasteiger partial charge in [0.2, 0.25) is 0 Å². The second-order valence-electron chi connectivity index (χ2n) is 5.53. The number of halogens is 2. The Bertz CT molecular complexity index is 1080. The van der Waals surface area contributed by atoms with Gasteiger partial charge in [-0.15, -0.1) is 0 Å². The van der Waals surface area contributed by atoms with Gasteiger partial charge in [0.1, 0.15) is 4.88 Å². The first-order valence-corrected chi connectivity index (χ1v) is 9.11. The molecule has 4 rings (SSSR count). The summed E-state index contributed by atoms with van der Waals surface area (Å²) >= 11 is 12.8. The van der Waals surface area contributed by atoms with Gasteiger partial charge in [0, 0.05) is 5.56 Å². The molecule has 0 radical (unpaired) electrons. The number of nitrogens with zero attached hydrogens (tertiary/aromatic N) is 2. The van der Waals surface area contributed by atoms with Gasteiger partial charge in [-0.1, -0.05) is 46.5 Å². The van der Waals surface area contributed by atoms with E-state index in [0.29, 0.717) is 26.4 Å². The molecule has 0 unspecified atom stereocenters. The molecule has 1 aliphatic rings.